The predicted octanol–water partition coefficient (Wildman–Crippen LogP) is 2.65. The molecule has 1 N–H and O–H groups in total. The van der Waals surface area contributed by atoms with Crippen LogP contribution in [0.1, 0.15) is 5.56 Å². The largest absolute Gasteiger partial charge is 0.493 e. The summed E-state index contributed by atoms with van der Waals surface area (Å²) in [6.45, 7) is 0.603. The fourth-order valence-electron chi connectivity index (χ4n) is 2.76. The number of rotatable bonds is 8. The van der Waals surface area contributed by atoms with E-state index >= 15 is 0 Å². The number of carbonyl (C=O) groups excluding carboxylic acids is 1. The van der Waals surface area contributed by atoms with E-state index in [1.54, 1.807) is 36.4 Å². The third-order valence-corrected chi connectivity index (χ3v) is 4.25. The average molecular weight is 425 g/mol. The normalized spacial score (nSPS) is 11.5. The van der Waals surface area contributed by atoms with Crippen molar-refractivity contribution in [2.45, 2.75) is 0 Å². The van der Waals surface area contributed by atoms with Crippen molar-refractivity contribution in [3.8, 4) is 46.3 Å². The van der Waals surface area contributed by atoms with Crippen LogP contribution in [-0.4, -0.2) is 47.2 Å². The Morgan fingerprint density at radius 2 is 1.77 bits per heavy atom. The van der Waals surface area contributed by atoms with Crippen LogP contribution in [0.25, 0.3) is 6.08 Å². The molecular formula is C23H23NO7. The minimum atomic E-state index is -0.278. The molecule has 0 radical (unpaired) electrons. The number of carbonyl (C=O) groups is 1. The van der Waals surface area contributed by atoms with Gasteiger partial charge in [-0.1, -0.05) is 11.8 Å². The van der Waals surface area contributed by atoms with Crippen LogP contribution in [0.15, 0.2) is 36.4 Å². The molecule has 162 valence electrons. The van der Waals surface area contributed by atoms with E-state index in [1.807, 2.05) is 0 Å². The Morgan fingerprint density at radius 3 is 2.48 bits per heavy atom. The number of fused-ring (bicyclic) bond motifs is 1. The van der Waals surface area contributed by atoms with Gasteiger partial charge < -0.3 is 33.7 Å². The predicted molar refractivity (Wildman–Crippen MR) is 114 cm³/mol. The molecule has 1 heterocycles. The molecule has 1 amide bonds. The minimum absolute atomic E-state index is 0.191. The lowest BCUT2D eigenvalue weighted by Crippen LogP contribution is -2.21. The zero-order chi connectivity index (χ0) is 22.1. The number of amides is 1. The summed E-state index contributed by atoms with van der Waals surface area (Å²) in [7, 11) is 4.60. The SMILES string of the molecule is COc1cc(C=CC(=O)NCC#CCOc2ccc3c(c2)OCO3)cc(OC)c1OC. The molecule has 0 spiro atoms. The van der Waals surface area contributed by atoms with E-state index in [0.29, 0.717) is 34.5 Å². The van der Waals surface area contributed by atoms with Crippen LogP contribution in [-0.2, 0) is 4.79 Å². The molecule has 0 aliphatic carbocycles. The first-order chi connectivity index (χ1) is 15.1. The quantitative estimate of drug-likeness (QED) is 0.514. The van der Waals surface area contributed by atoms with Gasteiger partial charge in [0.05, 0.1) is 27.9 Å². The first kappa shape index (κ1) is 21.7. The van der Waals surface area contributed by atoms with Gasteiger partial charge in [-0.05, 0) is 35.9 Å². The van der Waals surface area contributed by atoms with Crippen molar-refractivity contribution in [3.05, 3.63) is 42.0 Å². The number of ether oxygens (including phenoxy) is 6. The maximum Gasteiger partial charge on any atom is 0.244 e. The molecule has 2 aromatic rings. The van der Waals surface area contributed by atoms with Gasteiger partial charge in [0.2, 0.25) is 18.4 Å². The van der Waals surface area contributed by atoms with E-state index < -0.39 is 0 Å². The molecule has 0 atom stereocenters. The number of hydrogen-bond donors (Lipinski definition) is 1. The maximum absolute atomic E-state index is 12.0. The van der Waals surface area contributed by atoms with Crippen molar-refractivity contribution in [2.24, 2.45) is 0 Å². The van der Waals surface area contributed by atoms with Crippen molar-refractivity contribution in [1.82, 2.24) is 5.32 Å². The zero-order valence-corrected chi connectivity index (χ0v) is 17.5. The molecule has 0 saturated carbocycles. The molecule has 0 unspecified atom stereocenters. The molecule has 1 aliphatic rings. The summed E-state index contributed by atoms with van der Waals surface area (Å²) in [6, 6.07) is 8.81. The van der Waals surface area contributed by atoms with Gasteiger partial charge in [-0.2, -0.15) is 0 Å². The Hall–Kier alpha value is -3.99. The van der Waals surface area contributed by atoms with Gasteiger partial charge in [0, 0.05) is 12.1 Å². The highest BCUT2D eigenvalue weighted by Gasteiger charge is 2.13. The Labute approximate surface area is 180 Å². The van der Waals surface area contributed by atoms with Crippen LogP contribution in [0, 0.1) is 11.8 Å². The summed E-state index contributed by atoms with van der Waals surface area (Å²) < 4.78 is 32.0. The van der Waals surface area contributed by atoms with Crippen LogP contribution in [0.5, 0.6) is 34.5 Å². The second-order valence-electron chi connectivity index (χ2n) is 6.17. The fourth-order valence-corrected chi connectivity index (χ4v) is 2.76. The van der Waals surface area contributed by atoms with E-state index in [4.69, 9.17) is 28.4 Å². The summed E-state index contributed by atoms with van der Waals surface area (Å²) in [5, 5.41) is 2.69. The molecule has 0 bridgehead atoms. The summed E-state index contributed by atoms with van der Waals surface area (Å²) in [4.78, 5) is 12.0. The van der Waals surface area contributed by atoms with Gasteiger partial charge in [-0.15, -0.1) is 0 Å². The molecule has 2 aromatic carbocycles. The van der Waals surface area contributed by atoms with Crippen molar-refractivity contribution < 1.29 is 33.2 Å². The van der Waals surface area contributed by atoms with Crippen molar-refractivity contribution >= 4 is 12.0 Å². The monoisotopic (exact) mass is 425 g/mol. The molecule has 0 saturated heterocycles. The minimum Gasteiger partial charge on any atom is -0.493 e. The highest BCUT2D eigenvalue weighted by Crippen LogP contribution is 2.38. The van der Waals surface area contributed by atoms with Gasteiger partial charge in [-0.3, -0.25) is 4.79 Å². The Morgan fingerprint density at radius 1 is 1.03 bits per heavy atom. The Balaban J connectivity index is 1.46. The number of hydrogen-bond acceptors (Lipinski definition) is 7. The van der Waals surface area contributed by atoms with Gasteiger partial charge in [0.25, 0.3) is 0 Å². The summed E-state index contributed by atoms with van der Waals surface area (Å²) in [6.07, 6.45) is 3.06. The summed E-state index contributed by atoms with van der Waals surface area (Å²) in [5.41, 5.74) is 0.730. The van der Waals surface area contributed by atoms with E-state index in [0.717, 1.165) is 5.56 Å². The molecule has 1 aliphatic heterocycles. The molecule has 0 aromatic heterocycles. The van der Waals surface area contributed by atoms with Crippen LogP contribution in [0.2, 0.25) is 0 Å². The zero-order valence-electron chi connectivity index (χ0n) is 17.5. The van der Waals surface area contributed by atoms with E-state index in [2.05, 4.69) is 17.2 Å². The summed E-state index contributed by atoms with van der Waals surface area (Å²) >= 11 is 0. The molecule has 0 fully saturated rings. The molecular weight excluding hydrogens is 402 g/mol. The van der Waals surface area contributed by atoms with Gasteiger partial charge in [-0.25, -0.2) is 0 Å². The fraction of sp³-hybridized carbons (Fsp3) is 0.261. The van der Waals surface area contributed by atoms with Crippen LogP contribution >= 0.6 is 0 Å². The third-order valence-electron chi connectivity index (χ3n) is 4.25. The Kier molecular flexibility index (Phi) is 7.49. The second kappa shape index (κ2) is 10.7. The lowest BCUT2D eigenvalue weighted by atomic mass is 10.1. The number of nitrogens with one attached hydrogen (secondary N) is 1. The van der Waals surface area contributed by atoms with Crippen LogP contribution in [0.4, 0.5) is 0 Å². The number of benzene rings is 2. The van der Waals surface area contributed by atoms with Crippen molar-refractivity contribution in [3.63, 3.8) is 0 Å². The van der Waals surface area contributed by atoms with Crippen LogP contribution in [0.3, 0.4) is 0 Å². The standard InChI is InChI=1S/C23H23NO7/c1-26-20-12-16(13-21(27-2)23(20)28-3)6-9-22(25)24-10-4-5-11-29-17-7-8-18-19(14-17)31-15-30-18/h6-9,12-14H,10-11,15H2,1-3H3,(H,24,25). The lowest BCUT2D eigenvalue weighted by Gasteiger charge is -2.12. The third kappa shape index (κ3) is 5.76. The average Bonchev–Trinajstić information content (AvgIpc) is 3.27. The molecule has 8 heteroatoms. The topological polar surface area (TPSA) is 84.5 Å². The van der Waals surface area contributed by atoms with Crippen molar-refractivity contribution in [1.29, 1.82) is 0 Å². The number of methoxy groups -OCH3 is 3. The van der Waals surface area contributed by atoms with E-state index in [9.17, 15) is 4.79 Å². The van der Waals surface area contributed by atoms with E-state index in [-0.39, 0.29) is 25.9 Å². The molecule has 31 heavy (non-hydrogen) atoms. The highest BCUT2D eigenvalue weighted by molar-refractivity contribution is 5.92. The molecule has 8 nitrogen and oxygen atoms in total. The first-order valence-electron chi connectivity index (χ1n) is 9.38. The second-order valence-corrected chi connectivity index (χ2v) is 6.17. The maximum atomic E-state index is 12.0. The highest BCUT2D eigenvalue weighted by atomic mass is 16.7. The van der Waals surface area contributed by atoms with E-state index in [1.165, 1.54) is 27.4 Å². The van der Waals surface area contributed by atoms with Crippen LogP contribution < -0.4 is 33.7 Å². The van der Waals surface area contributed by atoms with Gasteiger partial charge in [0.15, 0.2) is 23.0 Å². The smallest absolute Gasteiger partial charge is 0.244 e. The lowest BCUT2D eigenvalue weighted by molar-refractivity contribution is -0.116. The van der Waals surface area contributed by atoms with Crippen molar-refractivity contribution in [2.75, 3.05) is 41.3 Å². The summed E-state index contributed by atoms with van der Waals surface area (Å²) in [5.74, 6) is 8.89. The molecule has 3 rings (SSSR count). The Bertz CT molecular complexity index is 995. The first-order valence-corrected chi connectivity index (χ1v) is 9.38. The van der Waals surface area contributed by atoms with Gasteiger partial charge in [0.1, 0.15) is 12.4 Å². The van der Waals surface area contributed by atoms with Gasteiger partial charge >= 0.3 is 0 Å².